The van der Waals surface area contributed by atoms with Gasteiger partial charge in [0, 0.05) is 23.9 Å². The topological polar surface area (TPSA) is 86.2 Å². The van der Waals surface area contributed by atoms with E-state index in [9.17, 15) is 18.0 Å². The fourth-order valence-electron chi connectivity index (χ4n) is 3.03. The number of carbonyl (C=O) groups excluding carboxylic acids is 1. The average Bonchev–Trinajstić information content (AvgIpc) is 3.09. The van der Waals surface area contributed by atoms with Crippen molar-refractivity contribution in [1.82, 2.24) is 19.4 Å². The molecule has 142 valence electrons. The van der Waals surface area contributed by atoms with Crippen LogP contribution in [0.2, 0.25) is 0 Å². The van der Waals surface area contributed by atoms with Crippen LogP contribution in [0.1, 0.15) is 27.4 Å². The average molecular weight is 385 g/mol. The van der Waals surface area contributed by atoms with Crippen LogP contribution in [0.5, 0.6) is 0 Å². The third-order valence-corrected chi connectivity index (χ3v) is 4.46. The van der Waals surface area contributed by atoms with Gasteiger partial charge in [-0.3, -0.25) is 19.2 Å². The van der Waals surface area contributed by atoms with Crippen LogP contribution in [-0.2, 0) is 19.0 Å². The van der Waals surface area contributed by atoms with Crippen LogP contribution >= 0.6 is 0 Å². The second kappa shape index (κ2) is 6.59. The third kappa shape index (κ3) is 3.26. The SMILES string of the molecule is NC(=O)c1ccc2ncc3cnc(CCc4ccc(C(F)(F)F)cn4)n3c2c1. The Hall–Kier alpha value is -3.49. The summed E-state index contributed by atoms with van der Waals surface area (Å²) in [6.45, 7) is 0. The summed E-state index contributed by atoms with van der Waals surface area (Å²) in [4.78, 5) is 24.1. The van der Waals surface area contributed by atoms with Crippen molar-refractivity contribution in [3.05, 3.63) is 71.6 Å². The van der Waals surface area contributed by atoms with E-state index in [1.165, 1.54) is 6.07 Å². The summed E-state index contributed by atoms with van der Waals surface area (Å²) >= 11 is 0. The monoisotopic (exact) mass is 385 g/mol. The summed E-state index contributed by atoms with van der Waals surface area (Å²) in [6.07, 6.45) is 0.605. The van der Waals surface area contributed by atoms with Crippen LogP contribution in [0.25, 0.3) is 16.6 Å². The van der Waals surface area contributed by atoms with E-state index in [-0.39, 0.29) is 0 Å². The second-order valence-electron chi connectivity index (χ2n) is 6.30. The first-order valence-corrected chi connectivity index (χ1v) is 8.40. The van der Waals surface area contributed by atoms with Crippen molar-refractivity contribution in [1.29, 1.82) is 0 Å². The number of benzene rings is 1. The highest BCUT2D eigenvalue weighted by molar-refractivity contribution is 5.96. The highest BCUT2D eigenvalue weighted by atomic mass is 19.4. The van der Waals surface area contributed by atoms with E-state index in [1.54, 1.807) is 30.6 Å². The fraction of sp³-hybridized carbons (Fsp3) is 0.158. The molecule has 0 bridgehead atoms. The maximum Gasteiger partial charge on any atom is 0.417 e. The lowest BCUT2D eigenvalue weighted by atomic mass is 10.1. The molecule has 0 aliphatic carbocycles. The highest BCUT2D eigenvalue weighted by Crippen LogP contribution is 2.28. The number of hydrogen-bond acceptors (Lipinski definition) is 4. The Morgan fingerprint density at radius 1 is 1.00 bits per heavy atom. The Labute approximate surface area is 156 Å². The van der Waals surface area contributed by atoms with E-state index in [1.807, 2.05) is 4.40 Å². The standard InChI is InChI=1S/C19H14F3N5O/c20-19(21,22)12-2-3-13(24-8-12)4-6-17-26-10-14-9-25-15-5-1-11(18(23)28)7-16(15)27(14)17/h1-3,5,7-10H,4,6H2,(H2,23,28). The van der Waals surface area contributed by atoms with Crippen LogP contribution in [-0.4, -0.2) is 25.3 Å². The molecule has 28 heavy (non-hydrogen) atoms. The zero-order chi connectivity index (χ0) is 19.9. The summed E-state index contributed by atoms with van der Waals surface area (Å²) in [5, 5.41) is 0. The quantitative estimate of drug-likeness (QED) is 0.585. The van der Waals surface area contributed by atoms with Crippen molar-refractivity contribution in [2.24, 2.45) is 5.73 Å². The Morgan fingerprint density at radius 2 is 1.79 bits per heavy atom. The number of aryl methyl sites for hydroxylation is 2. The number of imidazole rings is 1. The molecule has 9 heteroatoms. The molecule has 0 spiro atoms. The van der Waals surface area contributed by atoms with Crippen LogP contribution in [0.4, 0.5) is 13.2 Å². The molecular formula is C19H14F3N5O. The molecule has 3 heterocycles. The van der Waals surface area contributed by atoms with E-state index in [2.05, 4.69) is 15.0 Å². The summed E-state index contributed by atoms with van der Waals surface area (Å²) in [7, 11) is 0. The normalized spacial score (nSPS) is 12.0. The number of primary amides is 1. The van der Waals surface area contributed by atoms with Gasteiger partial charge in [0.05, 0.1) is 34.5 Å². The lowest BCUT2D eigenvalue weighted by Gasteiger charge is -2.08. The number of nitrogens with zero attached hydrogens (tertiary/aromatic N) is 4. The number of pyridine rings is 1. The Bertz CT molecular complexity index is 1180. The van der Waals surface area contributed by atoms with Crippen molar-refractivity contribution in [2.45, 2.75) is 19.0 Å². The molecule has 4 aromatic rings. The van der Waals surface area contributed by atoms with Crippen molar-refractivity contribution < 1.29 is 18.0 Å². The van der Waals surface area contributed by atoms with Crippen molar-refractivity contribution in [2.75, 3.05) is 0 Å². The molecule has 4 rings (SSSR count). The number of rotatable bonds is 4. The van der Waals surface area contributed by atoms with Gasteiger partial charge in [-0.05, 0) is 36.8 Å². The van der Waals surface area contributed by atoms with Gasteiger partial charge in [-0.1, -0.05) is 0 Å². The summed E-state index contributed by atoms with van der Waals surface area (Å²) in [5.74, 6) is 0.139. The molecule has 1 amide bonds. The van der Waals surface area contributed by atoms with Gasteiger partial charge in [-0.15, -0.1) is 0 Å². The lowest BCUT2D eigenvalue weighted by molar-refractivity contribution is -0.137. The Balaban J connectivity index is 1.67. The molecule has 6 nitrogen and oxygen atoms in total. The van der Waals surface area contributed by atoms with E-state index in [0.717, 1.165) is 17.8 Å². The zero-order valence-electron chi connectivity index (χ0n) is 14.4. The minimum atomic E-state index is -4.41. The Kier molecular flexibility index (Phi) is 4.21. The van der Waals surface area contributed by atoms with Gasteiger partial charge in [-0.25, -0.2) is 4.98 Å². The molecule has 2 N–H and O–H groups in total. The third-order valence-electron chi connectivity index (χ3n) is 4.46. The number of aromatic nitrogens is 4. The summed E-state index contributed by atoms with van der Waals surface area (Å²) < 4.78 is 39.8. The summed E-state index contributed by atoms with van der Waals surface area (Å²) in [5.41, 5.74) is 7.56. The number of nitrogens with two attached hydrogens (primary N) is 1. The van der Waals surface area contributed by atoms with E-state index in [4.69, 9.17) is 5.73 Å². The predicted octanol–water partition coefficient (Wildman–Crippen LogP) is 3.18. The molecule has 0 radical (unpaired) electrons. The maximum atomic E-state index is 12.6. The summed E-state index contributed by atoms with van der Waals surface area (Å²) in [6, 6.07) is 7.34. The van der Waals surface area contributed by atoms with Gasteiger partial charge >= 0.3 is 6.18 Å². The fourth-order valence-corrected chi connectivity index (χ4v) is 3.03. The van der Waals surface area contributed by atoms with Gasteiger partial charge in [0.25, 0.3) is 0 Å². The second-order valence-corrected chi connectivity index (χ2v) is 6.30. The minimum Gasteiger partial charge on any atom is -0.366 e. The van der Waals surface area contributed by atoms with Crippen LogP contribution < -0.4 is 5.73 Å². The lowest BCUT2D eigenvalue weighted by Crippen LogP contribution is -2.11. The van der Waals surface area contributed by atoms with Crippen molar-refractivity contribution in [3.63, 3.8) is 0 Å². The molecule has 0 fully saturated rings. The van der Waals surface area contributed by atoms with Gasteiger partial charge < -0.3 is 5.73 Å². The van der Waals surface area contributed by atoms with Gasteiger partial charge in [0.1, 0.15) is 5.82 Å². The number of fused-ring (bicyclic) bond motifs is 3. The zero-order valence-corrected chi connectivity index (χ0v) is 14.4. The molecule has 1 aromatic carbocycles. The highest BCUT2D eigenvalue weighted by Gasteiger charge is 2.30. The number of hydrogen-bond donors (Lipinski definition) is 1. The molecule has 0 aliphatic rings. The number of alkyl halides is 3. The minimum absolute atomic E-state index is 0.353. The van der Waals surface area contributed by atoms with E-state index in [0.29, 0.717) is 41.0 Å². The van der Waals surface area contributed by atoms with Crippen molar-refractivity contribution >= 4 is 22.5 Å². The van der Waals surface area contributed by atoms with Gasteiger partial charge in [0.15, 0.2) is 0 Å². The van der Waals surface area contributed by atoms with Gasteiger partial charge in [-0.2, -0.15) is 13.2 Å². The largest absolute Gasteiger partial charge is 0.417 e. The van der Waals surface area contributed by atoms with Crippen LogP contribution in [0, 0.1) is 0 Å². The van der Waals surface area contributed by atoms with Crippen molar-refractivity contribution in [3.8, 4) is 0 Å². The first-order chi connectivity index (χ1) is 13.3. The molecule has 0 atom stereocenters. The molecule has 3 aromatic heterocycles. The first kappa shape index (κ1) is 17.9. The predicted molar refractivity (Wildman–Crippen MR) is 95.7 cm³/mol. The Morgan fingerprint density at radius 3 is 2.46 bits per heavy atom. The number of carbonyl (C=O) groups is 1. The van der Waals surface area contributed by atoms with Crippen LogP contribution in [0.15, 0.2) is 48.9 Å². The molecule has 0 saturated carbocycles. The molecular weight excluding hydrogens is 371 g/mol. The molecule has 0 unspecified atom stereocenters. The van der Waals surface area contributed by atoms with Crippen LogP contribution in [0.3, 0.4) is 0 Å². The number of amides is 1. The molecule has 0 saturated heterocycles. The number of halogens is 3. The first-order valence-electron chi connectivity index (χ1n) is 8.40. The van der Waals surface area contributed by atoms with Gasteiger partial charge in [0.2, 0.25) is 5.91 Å². The van der Waals surface area contributed by atoms with E-state index >= 15 is 0 Å². The van der Waals surface area contributed by atoms with E-state index < -0.39 is 17.6 Å². The maximum absolute atomic E-state index is 12.6. The molecule has 0 aliphatic heterocycles. The smallest absolute Gasteiger partial charge is 0.366 e.